The van der Waals surface area contributed by atoms with Gasteiger partial charge in [-0.3, -0.25) is 15.0 Å². The molecule has 4 N–H and O–H groups in total. The van der Waals surface area contributed by atoms with E-state index in [2.05, 4.69) is 41.1 Å². The first-order valence-corrected chi connectivity index (χ1v) is 10.8. The SMILES string of the molecule is C[C@@H](NC(=O)C1C=CC2=C(N1)N(C(=O)Nc1cc(-c3nn[nH]n3)ccn1)[C@H]1CCN2C1)C(F)(F)F. The summed E-state index contributed by atoms with van der Waals surface area (Å²) in [6.45, 7) is 2.17. The zero-order valence-corrected chi connectivity index (χ0v) is 18.4. The molecule has 12 nitrogen and oxygen atoms in total. The maximum Gasteiger partial charge on any atom is 0.408 e. The number of carbonyl (C=O) groups excluding carboxylic acids is 2. The second kappa shape index (κ2) is 8.56. The molecule has 3 amide bonds. The van der Waals surface area contributed by atoms with Gasteiger partial charge in [0.2, 0.25) is 11.7 Å². The number of fused-ring (bicyclic) bond motifs is 3. The lowest BCUT2D eigenvalue weighted by molar-refractivity contribution is -0.158. The number of rotatable bonds is 4. The molecule has 2 aromatic rings. The minimum atomic E-state index is -4.57. The number of pyridine rings is 1. The summed E-state index contributed by atoms with van der Waals surface area (Å²) in [5, 5.41) is 21.3. The maximum absolute atomic E-state index is 13.4. The number of anilines is 1. The molecule has 1 unspecified atom stereocenters. The van der Waals surface area contributed by atoms with Crippen LogP contribution in [0.4, 0.5) is 23.8 Å². The summed E-state index contributed by atoms with van der Waals surface area (Å²) in [7, 11) is 0. The molecule has 5 heterocycles. The number of carbonyl (C=O) groups is 2. The lowest BCUT2D eigenvalue weighted by atomic mass is 10.1. The molecule has 0 aromatic carbocycles. The molecule has 3 atom stereocenters. The van der Waals surface area contributed by atoms with Gasteiger partial charge in [0.1, 0.15) is 23.7 Å². The number of amides is 3. The summed E-state index contributed by atoms with van der Waals surface area (Å²) in [4.78, 5) is 33.6. The molecule has 184 valence electrons. The fraction of sp³-hybridized carbons (Fsp3) is 0.400. The number of urea groups is 1. The van der Waals surface area contributed by atoms with Gasteiger partial charge in [-0.05, 0) is 36.8 Å². The second-order valence-electron chi connectivity index (χ2n) is 8.34. The lowest BCUT2D eigenvalue weighted by Gasteiger charge is -2.41. The number of halogens is 3. The van der Waals surface area contributed by atoms with Gasteiger partial charge in [-0.1, -0.05) is 6.08 Å². The minimum Gasteiger partial charge on any atom is -0.366 e. The van der Waals surface area contributed by atoms with Crippen LogP contribution in [0.3, 0.4) is 0 Å². The Morgan fingerprint density at radius 2 is 2.14 bits per heavy atom. The van der Waals surface area contributed by atoms with Crippen LogP contribution in [0.5, 0.6) is 0 Å². The zero-order chi connectivity index (χ0) is 24.7. The van der Waals surface area contributed by atoms with Crippen molar-refractivity contribution in [2.45, 2.75) is 37.6 Å². The largest absolute Gasteiger partial charge is 0.408 e. The van der Waals surface area contributed by atoms with Crippen molar-refractivity contribution >= 4 is 17.8 Å². The molecular formula is C20H21F3N10O2. The number of aromatic nitrogens is 5. The van der Waals surface area contributed by atoms with E-state index in [1.807, 2.05) is 5.32 Å². The van der Waals surface area contributed by atoms with Crippen LogP contribution in [-0.4, -0.2) is 84.7 Å². The van der Waals surface area contributed by atoms with Crippen LogP contribution in [0.2, 0.25) is 0 Å². The summed E-state index contributed by atoms with van der Waals surface area (Å²) in [5.74, 6) is 0.0890. The first-order valence-electron chi connectivity index (χ1n) is 10.8. The van der Waals surface area contributed by atoms with E-state index in [4.69, 9.17) is 0 Å². The van der Waals surface area contributed by atoms with Crippen molar-refractivity contribution in [2.75, 3.05) is 18.4 Å². The molecular weight excluding hydrogens is 469 g/mol. The van der Waals surface area contributed by atoms with E-state index in [-0.39, 0.29) is 11.9 Å². The topological polar surface area (TPSA) is 144 Å². The van der Waals surface area contributed by atoms with Crippen LogP contribution in [0.25, 0.3) is 11.4 Å². The monoisotopic (exact) mass is 490 g/mol. The Hall–Kier alpha value is -4.17. The van der Waals surface area contributed by atoms with Crippen molar-refractivity contribution in [3.8, 4) is 11.4 Å². The number of dihydropyridines is 1. The molecule has 0 spiro atoms. The van der Waals surface area contributed by atoms with Crippen molar-refractivity contribution in [2.24, 2.45) is 0 Å². The predicted molar refractivity (Wildman–Crippen MR) is 115 cm³/mol. The van der Waals surface area contributed by atoms with Gasteiger partial charge >= 0.3 is 12.2 Å². The number of hydrogen-bond acceptors (Lipinski definition) is 8. The lowest BCUT2D eigenvalue weighted by Crippen LogP contribution is -2.57. The fourth-order valence-electron chi connectivity index (χ4n) is 4.23. The standard InChI is InChI=1S/C20H21F3N10O2/c1-10(20(21,22)23)25-18(34)13-2-3-14-17(26-13)33(12-5-7-32(14)9-12)19(35)27-15-8-11(4-6-24-15)16-28-30-31-29-16/h2-4,6,8,10,12-13,26H,5,7,9H2,1H3,(H,25,34)(H,24,27,35)(H,28,29,30,31)/t10-,12+,13?/m1/s1. The maximum atomic E-state index is 13.4. The van der Waals surface area contributed by atoms with Gasteiger partial charge < -0.3 is 15.5 Å². The molecule has 3 aliphatic rings. The number of nitrogens with zero attached hydrogens (tertiary/aromatic N) is 6. The predicted octanol–water partition coefficient (Wildman–Crippen LogP) is 0.948. The molecule has 1 fully saturated rings. The average Bonchev–Trinajstić information content (AvgIpc) is 3.50. The van der Waals surface area contributed by atoms with Crippen LogP contribution in [0.1, 0.15) is 13.3 Å². The Balaban J connectivity index is 1.35. The van der Waals surface area contributed by atoms with Crippen LogP contribution >= 0.6 is 0 Å². The third-order valence-electron chi connectivity index (χ3n) is 6.04. The van der Waals surface area contributed by atoms with E-state index in [0.717, 1.165) is 6.92 Å². The van der Waals surface area contributed by atoms with Gasteiger partial charge in [-0.25, -0.2) is 9.78 Å². The van der Waals surface area contributed by atoms with E-state index in [1.165, 1.54) is 17.2 Å². The summed E-state index contributed by atoms with van der Waals surface area (Å²) in [6.07, 6.45) is 0.758. The number of allylic oxidation sites excluding steroid dienone is 1. The first kappa shape index (κ1) is 22.6. The highest BCUT2D eigenvalue weighted by atomic mass is 19.4. The molecule has 35 heavy (non-hydrogen) atoms. The molecule has 0 saturated carbocycles. The number of alkyl halides is 3. The molecule has 2 aromatic heterocycles. The van der Waals surface area contributed by atoms with Gasteiger partial charge in [-0.15, -0.1) is 10.2 Å². The third-order valence-corrected chi connectivity index (χ3v) is 6.04. The molecule has 3 aliphatic heterocycles. The molecule has 0 aliphatic carbocycles. The van der Waals surface area contributed by atoms with Gasteiger partial charge in [0.25, 0.3) is 0 Å². The van der Waals surface area contributed by atoms with E-state index in [9.17, 15) is 22.8 Å². The van der Waals surface area contributed by atoms with Crippen molar-refractivity contribution in [3.05, 3.63) is 42.0 Å². The van der Waals surface area contributed by atoms with E-state index < -0.39 is 30.2 Å². The Labute approximate surface area is 196 Å². The highest BCUT2D eigenvalue weighted by Gasteiger charge is 2.43. The number of nitrogens with one attached hydrogen (secondary N) is 4. The quantitative estimate of drug-likeness (QED) is 0.496. The average molecular weight is 490 g/mol. The smallest absolute Gasteiger partial charge is 0.366 e. The molecule has 15 heteroatoms. The first-order chi connectivity index (χ1) is 16.7. The van der Waals surface area contributed by atoms with Gasteiger partial charge in [-0.2, -0.15) is 18.4 Å². The van der Waals surface area contributed by atoms with Crippen molar-refractivity contribution in [1.29, 1.82) is 0 Å². The summed E-state index contributed by atoms with van der Waals surface area (Å²) in [5.41, 5.74) is 1.28. The Kier molecular flexibility index (Phi) is 5.53. The minimum absolute atomic E-state index is 0.189. The number of tetrazole rings is 1. The van der Waals surface area contributed by atoms with E-state index in [0.29, 0.717) is 42.4 Å². The van der Waals surface area contributed by atoms with Crippen LogP contribution in [0, 0.1) is 0 Å². The normalized spacial score (nSPS) is 21.9. The summed E-state index contributed by atoms with van der Waals surface area (Å²) < 4.78 is 38.7. The van der Waals surface area contributed by atoms with Gasteiger partial charge in [0, 0.05) is 24.8 Å². The van der Waals surface area contributed by atoms with Crippen molar-refractivity contribution in [1.82, 2.24) is 46.0 Å². The van der Waals surface area contributed by atoms with Crippen molar-refractivity contribution < 1.29 is 22.8 Å². The number of aromatic amines is 1. The van der Waals surface area contributed by atoms with Crippen LogP contribution in [-0.2, 0) is 4.79 Å². The molecule has 2 bridgehead atoms. The van der Waals surface area contributed by atoms with E-state index in [1.54, 1.807) is 18.2 Å². The summed E-state index contributed by atoms with van der Waals surface area (Å²) >= 11 is 0. The fourth-order valence-corrected chi connectivity index (χ4v) is 4.23. The highest BCUT2D eigenvalue weighted by Crippen LogP contribution is 2.33. The Morgan fingerprint density at radius 1 is 1.31 bits per heavy atom. The molecule has 0 radical (unpaired) electrons. The molecule has 5 rings (SSSR count). The van der Waals surface area contributed by atoms with Gasteiger partial charge in [0.15, 0.2) is 0 Å². The second-order valence-corrected chi connectivity index (χ2v) is 8.34. The zero-order valence-electron chi connectivity index (χ0n) is 18.4. The highest BCUT2D eigenvalue weighted by molar-refractivity contribution is 5.91. The Morgan fingerprint density at radius 3 is 2.89 bits per heavy atom. The summed E-state index contributed by atoms with van der Waals surface area (Å²) in [6, 6.07) is -0.518. The Bertz CT molecular complexity index is 1200. The van der Waals surface area contributed by atoms with Crippen LogP contribution in [0.15, 0.2) is 42.0 Å². The molecule has 1 saturated heterocycles. The van der Waals surface area contributed by atoms with E-state index >= 15 is 0 Å². The third kappa shape index (κ3) is 4.36. The number of hydrogen-bond donors (Lipinski definition) is 4. The van der Waals surface area contributed by atoms with Crippen LogP contribution < -0.4 is 16.0 Å². The van der Waals surface area contributed by atoms with Gasteiger partial charge in [0.05, 0.1) is 11.7 Å². The number of H-pyrrole nitrogens is 1. The van der Waals surface area contributed by atoms with Crippen molar-refractivity contribution in [3.63, 3.8) is 0 Å².